The summed E-state index contributed by atoms with van der Waals surface area (Å²) in [6, 6.07) is 9.10. The Kier molecular flexibility index (Phi) is 4.63. The van der Waals surface area contributed by atoms with E-state index in [-0.39, 0.29) is 6.04 Å². The Bertz CT molecular complexity index is 823. The van der Waals surface area contributed by atoms with E-state index in [1.807, 2.05) is 16.8 Å². The van der Waals surface area contributed by atoms with Crippen LogP contribution in [0.2, 0.25) is 0 Å². The first-order chi connectivity index (χ1) is 12.3. The smallest absolute Gasteiger partial charge is 0.152 e. The summed E-state index contributed by atoms with van der Waals surface area (Å²) >= 11 is 0. The van der Waals surface area contributed by atoms with Crippen LogP contribution in [0.4, 0.5) is 5.82 Å². The number of morpholine rings is 1. The number of benzene rings is 1. The van der Waals surface area contributed by atoms with Crippen molar-refractivity contribution in [1.29, 1.82) is 0 Å². The normalized spacial score (nSPS) is 16.8. The molecule has 1 fully saturated rings. The molecule has 3 aromatic rings. The van der Waals surface area contributed by atoms with Gasteiger partial charge >= 0.3 is 0 Å². The fraction of sp³-hybridized carbons (Fsp3) is 0.368. The number of rotatable bonds is 5. The van der Waals surface area contributed by atoms with Crippen LogP contribution >= 0.6 is 0 Å². The molecule has 0 bridgehead atoms. The summed E-state index contributed by atoms with van der Waals surface area (Å²) in [4.78, 5) is 11.2. The fourth-order valence-corrected chi connectivity index (χ4v) is 3.32. The van der Waals surface area contributed by atoms with Crippen molar-refractivity contribution >= 4 is 11.3 Å². The second-order valence-corrected chi connectivity index (χ2v) is 6.42. The number of fused-ring (bicyclic) bond motifs is 1. The minimum absolute atomic E-state index is 0.287. The van der Waals surface area contributed by atoms with Gasteiger partial charge in [-0.15, -0.1) is 0 Å². The van der Waals surface area contributed by atoms with E-state index in [0.29, 0.717) is 0 Å². The Labute approximate surface area is 147 Å². The SMILES string of the molecule is Cc1ccc(C(CNc2nccn3cncc23)N2CCOCC2)cc1. The van der Waals surface area contributed by atoms with Crippen LogP contribution < -0.4 is 5.32 Å². The van der Waals surface area contributed by atoms with Crippen LogP contribution in [0, 0.1) is 6.92 Å². The van der Waals surface area contributed by atoms with Crippen LogP contribution in [-0.4, -0.2) is 52.1 Å². The quantitative estimate of drug-likeness (QED) is 0.775. The molecule has 1 N–H and O–H groups in total. The maximum Gasteiger partial charge on any atom is 0.152 e. The van der Waals surface area contributed by atoms with Gasteiger partial charge in [-0.3, -0.25) is 4.90 Å². The summed E-state index contributed by atoms with van der Waals surface area (Å²) in [6.45, 7) is 6.39. The highest BCUT2D eigenvalue weighted by Crippen LogP contribution is 2.24. The van der Waals surface area contributed by atoms with E-state index >= 15 is 0 Å². The highest BCUT2D eigenvalue weighted by Gasteiger charge is 2.22. The Morgan fingerprint density at radius 2 is 2.00 bits per heavy atom. The van der Waals surface area contributed by atoms with Crippen molar-refractivity contribution in [3.63, 3.8) is 0 Å². The Balaban J connectivity index is 1.57. The molecule has 1 unspecified atom stereocenters. The Morgan fingerprint density at radius 3 is 2.80 bits per heavy atom. The van der Waals surface area contributed by atoms with Gasteiger partial charge in [0.2, 0.25) is 0 Å². The van der Waals surface area contributed by atoms with Gasteiger partial charge in [-0.1, -0.05) is 29.8 Å². The van der Waals surface area contributed by atoms with E-state index in [2.05, 4.69) is 51.4 Å². The van der Waals surface area contributed by atoms with Crippen molar-refractivity contribution < 1.29 is 4.74 Å². The predicted molar refractivity (Wildman–Crippen MR) is 97.8 cm³/mol. The van der Waals surface area contributed by atoms with Gasteiger partial charge in [0.05, 0.1) is 31.8 Å². The number of hydrogen-bond acceptors (Lipinski definition) is 5. The minimum Gasteiger partial charge on any atom is -0.379 e. The predicted octanol–water partition coefficient (Wildman–Crippen LogP) is 2.52. The van der Waals surface area contributed by atoms with Gasteiger partial charge in [0, 0.05) is 32.0 Å². The number of ether oxygens (including phenoxy) is 1. The van der Waals surface area contributed by atoms with E-state index in [0.717, 1.165) is 44.2 Å². The van der Waals surface area contributed by atoms with Crippen LogP contribution in [0.1, 0.15) is 17.2 Å². The number of aryl methyl sites for hydroxylation is 1. The van der Waals surface area contributed by atoms with E-state index < -0.39 is 0 Å². The van der Waals surface area contributed by atoms with Crippen molar-refractivity contribution in [3.05, 3.63) is 60.3 Å². The number of anilines is 1. The second-order valence-electron chi connectivity index (χ2n) is 6.42. The molecule has 0 saturated carbocycles. The lowest BCUT2D eigenvalue weighted by Crippen LogP contribution is -2.41. The second kappa shape index (κ2) is 7.21. The third-order valence-electron chi connectivity index (χ3n) is 4.75. The Morgan fingerprint density at radius 1 is 1.20 bits per heavy atom. The number of nitrogens with one attached hydrogen (secondary N) is 1. The van der Waals surface area contributed by atoms with E-state index in [1.54, 1.807) is 12.5 Å². The van der Waals surface area contributed by atoms with Crippen molar-refractivity contribution in [2.75, 3.05) is 38.2 Å². The minimum atomic E-state index is 0.287. The third kappa shape index (κ3) is 3.50. The van der Waals surface area contributed by atoms with Gasteiger partial charge in [-0.25, -0.2) is 9.97 Å². The van der Waals surface area contributed by atoms with Gasteiger partial charge in [0.15, 0.2) is 5.82 Å². The summed E-state index contributed by atoms with van der Waals surface area (Å²) in [5.41, 5.74) is 3.59. The van der Waals surface area contributed by atoms with Crippen LogP contribution in [0.15, 0.2) is 49.2 Å². The zero-order valence-corrected chi connectivity index (χ0v) is 14.4. The molecule has 0 radical (unpaired) electrons. The summed E-state index contributed by atoms with van der Waals surface area (Å²) in [6.07, 6.45) is 7.34. The summed E-state index contributed by atoms with van der Waals surface area (Å²) in [5, 5.41) is 3.53. The third-order valence-corrected chi connectivity index (χ3v) is 4.75. The molecule has 1 saturated heterocycles. The molecule has 6 nitrogen and oxygen atoms in total. The maximum absolute atomic E-state index is 5.53. The van der Waals surface area contributed by atoms with Gasteiger partial charge in [0.25, 0.3) is 0 Å². The zero-order chi connectivity index (χ0) is 17.1. The number of hydrogen-bond donors (Lipinski definition) is 1. The van der Waals surface area contributed by atoms with Gasteiger partial charge < -0.3 is 14.5 Å². The molecule has 0 spiro atoms. The molecule has 130 valence electrons. The molecular formula is C19H23N5O. The summed E-state index contributed by atoms with van der Waals surface area (Å²) in [7, 11) is 0. The van der Waals surface area contributed by atoms with Gasteiger partial charge in [-0.05, 0) is 12.5 Å². The number of aromatic nitrogens is 3. The molecule has 2 aromatic heterocycles. The van der Waals surface area contributed by atoms with Crippen molar-refractivity contribution in [1.82, 2.24) is 19.3 Å². The molecule has 0 aliphatic carbocycles. The molecular weight excluding hydrogens is 314 g/mol. The van der Waals surface area contributed by atoms with Crippen molar-refractivity contribution in [2.24, 2.45) is 0 Å². The lowest BCUT2D eigenvalue weighted by molar-refractivity contribution is 0.0187. The molecule has 4 rings (SSSR count). The average molecular weight is 337 g/mol. The Hall–Kier alpha value is -2.44. The largest absolute Gasteiger partial charge is 0.379 e. The molecule has 1 atom stereocenters. The monoisotopic (exact) mass is 337 g/mol. The zero-order valence-electron chi connectivity index (χ0n) is 14.4. The molecule has 1 aromatic carbocycles. The highest BCUT2D eigenvalue weighted by atomic mass is 16.5. The molecule has 1 aliphatic rings. The number of nitrogens with zero attached hydrogens (tertiary/aromatic N) is 4. The molecule has 6 heteroatoms. The van der Waals surface area contributed by atoms with E-state index in [4.69, 9.17) is 4.74 Å². The fourth-order valence-electron chi connectivity index (χ4n) is 3.32. The van der Waals surface area contributed by atoms with Gasteiger partial charge in [0.1, 0.15) is 5.52 Å². The van der Waals surface area contributed by atoms with Crippen LogP contribution in [0.25, 0.3) is 5.52 Å². The lowest BCUT2D eigenvalue weighted by Gasteiger charge is -2.35. The first kappa shape index (κ1) is 16.1. The maximum atomic E-state index is 5.53. The molecule has 25 heavy (non-hydrogen) atoms. The van der Waals surface area contributed by atoms with Crippen LogP contribution in [0.3, 0.4) is 0 Å². The summed E-state index contributed by atoms with van der Waals surface area (Å²) < 4.78 is 7.51. The first-order valence-electron chi connectivity index (χ1n) is 8.70. The van der Waals surface area contributed by atoms with Gasteiger partial charge in [-0.2, -0.15) is 0 Å². The van der Waals surface area contributed by atoms with E-state index in [9.17, 15) is 0 Å². The average Bonchev–Trinajstić information content (AvgIpc) is 3.14. The standard InChI is InChI=1S/C19H23N5O/c1-15-2-4-16(5-3-15)17(23-8-10-25-11-9-23)13-22-19-18-12-20-14-24(18)7-6-21-19/h2-7,12,14,17H,8-11,13H2,1H3,(H,21,22). The topological polar surface area (TPSA) is 54.7 Å². The molecule has 0 amide bonds. The van der Waals surface area contributed by atoms with E-state index in [1.165, 1.54) is 11.1 Å². The number of imidazole rings is 1. The van der Waals surface area contributed by atoms with Crippen molar-refractivity contribution in [2.45, 2.75) is 13.0 Å². The molecule has 1 aliphatic heterocycles. The first-order valence-corrected chi connectivity index (χ1v) is 8.70. The molecule has 3 heterocycles. The highest BCUT2D eigenvalue weighted by molar-refractivity contribution is 5.66. The van der Waals surface area contributed by atoms with Crippen molar-refractivity contribution in [3.8, 4) is 0 Å². The summed E-state index contributed by atoms with van der Waals surface area (Å²) in [5.74, 6) is 0.866. The van der Waals surface area contributed by atoms with Crippen LogP contribution in [-0.2, 0) is 4.74 Å². The van der Waals surface area contributed by atoms with Crippen LogP contribution in [0.5, 0.6) is 0 Å². The lowest BCUT2D eigenvalue weighted by atomic mass is 10.0.